The summed E-state index contributed by atoms with van der Waals surface area (Å²) in [5.74, 6) is 0.738. The normalized spacial score (nSPS) is 10.8. The number of anilines is 1. The Kier molecular flexibility index (Phi) is 4.44. The minimum atomic E-state index is -0.378. The van der Waals surface area contributed by atoms with Crippen LogP contribution in [0.15, 0.2) is 65.7 Å². The molecule has 0 radical (unpaired) electrons. The van der Waals surface area contributed by atoms with Gasteiger partial charge in [0, 0.05) is 24.9 Å². The van der Waals surface area contributed by atoms with E-state index in [1.165, 1.54) is 22.3 Å². The lowest BCUT2D eigenvalue weighted by Gasteiger charge is -2.05. The monoisotopic (exact) mass is 360 g/mol. The quantitative estimate of drug-likeness (QED) is 0.565. The number of H-pyrrole nitrogens is 1. The van der Waals surface area contributed by atoms with Crippen molar-refractivity contribution in [2.45, 2.75) is 12.8 Å². The number of aromatic nitrogens is 5. The first-order chi connectivity index (χ1) is 13.2. The van der Waals surface area contributed by atoms with Gasteiger partial charge in [-0.2, -0.15) is 9.50 Å². The highest BCUT2D eigenvalue weighted by atomic mass is 16.2. The summed E-state index contributed by atoms with van der Waals surface area (Å²) >= 11 is 0. The van der Waals surface area contributed by atoms with Crippen molar-refractivity contribution >= 4 is 17.5 Å². The van der Waals surface area contributed by atoms with Crippen LogP contribution in [0.25, 0.3) is 5.78 Å². The SMILES string of the molecule is O=C(Nc1cc(=O)[nH]c2nc(CCc3ccccc3)nn12)c1cccnc1. The summed E-state index contributed by atoms with van der Waals surface area (Å²) in [5, 5.41) is 7.11. The summed E-state index contributed by atoms with van der Waals surface area (Å²) in [7, 11) is 0. The number of aromatic amines is 1. The molecule has 0 fully saturated rings. The number of pyridine rings is 1. The van der Waals surface area contributed by atoms with Crippen LogP contribution in [0.1, 0.15) is 21.7 Å². The average molecular weight is 360 g/mol. The van der Waals surface area contributed by atoms with Gasteiger partial charge in [-0.05, 0) is 24.1 Å². The molecule has 2 N–H and O–H groups in total. The van der Waals surface area contributed by atoms with Gasteiger partial charge in [0.15, 0.2) is 5.82 Å². The summed E-state index contributed by atoms with van der Waals surface area (Å²) in [6.45, 7) is 0. The van der Waals surface area contributed by atoms with Gasteiger partial charge in [-0.1, -0.05) is 30.3 Å². The average Bonchev–Trinajstić information content (AvgIpc) is 3.11. The Morgan fingerprint density at radius 3 is 2.74 bits per heavy atom. The van der Waals surface area contributed by atoms with E-state index in [0.717, 1.165) is 6.42 Å². The van der Waals surface area contributed by atoms with Gasteiger partial charge >= 0.3 is 0 Å². The molecule has 0 atom stereocenters. The van der Waals surface area contributed by atoms with Crippen LogP contribution in [-0.4, -0.2) is 30.5 Å². The number of amides is 1. The molecule has 0 unspecified atom stereocenters. The van der Waals surface area contributed by atoms with E-state index in [1.54, 1.807) is 18.3 Å². The van der Waals surface area contributed by atoms with Crippen LogP contribution < -0.4 is 10.9 Å². The second-order valence-corrected chi connectivity index (χ2v) is 5.96. The van der Waals surface area contributed by atoms with Crippen molar-refractivity contribution in [2.75, 3.05) is 5.32 Å². The molecule has 0 saturated heterocycles. The van der Waals surface area contributed by atoms with Crippen LogP contribution in [0, 0.1) is 0 Å². The van der Waals surface area contributed by atoms with Gasteiger partial charge in [-0.15, -0.1) is 5.10 Å². The third-order valence-electron chi connectivity index (χ3n) is 4.03. The van der Waals surface area contributed by atoms with Crippen molar-refractivity contribution in [3.8, 4) is 0 Å². The van der Waals surface area contributed by atoms with Gasteiger partial charge in [0.2, 0.25) is 5.78 Å². The van der Waals surface area contributed by atoms with E-state index in [0.29, 0.717) is 17.8 Å². The molecular formula is C19H16N6O2. The van der Waals surface area contributed by atoms with Crippen LogP contribution in [0.2, 0.25) is 0 Å². The van der Waals surface area contributed by atoms with Gasteiger partial charge in [-0.25, -0.2) is 0 Å². The van der Waals surface area contributed by atoms with E-state index in [1.807, 2.05) is 30.3 Å². The van der Waals surface area contributed by atoms with Crippen molar-refractivity contribution in [3.05, 3.63) is 88.2 Å². The lowest BCUT2D eigenvalue weighted by atomic mass is 10.1. The van der Waals surface area contributed by atoms with Crippen LogP contribution in [0.4, 0.5) is 5.82 Å². The predicted octanol–water partition coefficient (Wildman–Crippen LogP) is 1.85. The van der Waals surface area contributed by atoms with Crippen molar-refractivity contribution in [1.82, 2.24) is 24.6 Å². The number of fused-ring (bicyclic) bond motifs is 1. The largest absolute Gasteiger partial charge is 0.306 e. The van der Waals surface area contributed by atoms with E-state index in [9.17, 15) is 9.59 Å². The Bertz CT molecular complexity index is 1140. The maximum absolute atomic E-state index is 12.4. The molecule has 3 aromatic heterocycles. The predicted molar refractivity (Wildman–Crippen MR) is 99.6 cm³/mol. The standard InChI is InChI=1S/C19H16N6O2/c26-17-11-16(22-18(27)14-7-4-10-20-12-14)25-19(23-17)21-15(24-25)9-8-13-5-2-1-3-6-13/h1-7,10-12H,8-9H2,(H,22,27)(H,21,23,24,26). The lowest BCUT2D eigenvalue weighted by Crippen LogP contribution is -2.18. The fraction of sp³-hybridized carbons (Fsp3) is 0.105. The minimum Gasteiger partial charge on any atom is -0.306 e. The summed E-state index contributed by atoms with van der Waals surface area (Å²) < 4.78 is 1.43. The second kappa shape index (κ2) is 7.20. The van der Waals surface area contributed by atoms with E-state index in [2.05, 4.69) is 25.4 Å². The smallest absolute Gasteiger partial charge is 0.258 e. The summed E-state index contributed by atoms with van der Waals surface area (Å²) in [4.78, 5) is 35.2. The molecule has 0 aliphatic rings. The van der Waals surface area contributed by atoms with Crippen LogP contribution >= 0.6 is 0 Å². The van der Waals surface area contributed by atoms with Gasteiger partial charge in [0.25, 0.3) is 11.5 Å². The topological polar surface area (TPSA) is 105 Å². The molecule has 27 heavy (non-hydrogen) atoms. The van der Waals surface area contributed by atoms with E-state index < -0.39 is 0 Å². The third-order valence-corrected chi connectivity index (χ3v) is 4.03. The van der Waals surface area contributed by atoms with E-state index >= 15 is 0 Å². The summed E-state index contributed by atoms with van der Waals surface area (Å²) in [6, 6.07) is 14.6. The fourth-order valence-corrected chi connectivity index (χ4v) is 2.72. The molecule has 8 nitrogen and oxygen atoms in total. The first-order valence-electron chi connectivity index (χ1n) is 8.43. The van der Waals surface area contributed by atoms with Crippen molar-refractivity contribution in [3.63, 3.8) is 0 Å². The summed E-state index contributed by atoms with van der Waals surface area (Å²) in [6.07, 6.45) is 4.42. The van der Waals surface area contributed by atoms with Crippen LogP contribution in [0.3, 0.4) is 0 Å². The van der Waals surface area contributed by atoms with Gasteiger partial charge in [0.1, 0.15) is 5.82 Å². The Labute approximate surface area is 153 Å². The number of hydrogen-bond acceptors (Lipinski definition) is 5. The molecule has 0 spiro atoms. The van der Waals surface area contributed by atoms with Crippen LogP contribution in [-0.2, 0) is 12.8 Å². The van der Waals surface area contributed by atoms with Crippen LogP contribution in [0.5, 0.6) is 0 Å². The lowest BCUT2D eigenvalue weighted by molar-refractivity contribution is 0.102. The van der Waals surface area contributed by atoms with Crippen molar-refractivity contribution < 1.29 is 4.79 Å². The minimum absolute atomic E-state index is 0.251. The summed E-state index contributed by atoms with van der Waals surface area (Å²) in [5.41, 5.74) is 1.19. The zero-order valence-corrected chi connectivity index (χ0v) is 14.3. The number of carbonyl (C=O) groups excluding carboxylic acids is 1. The molecule has 1 aromatic carbocycles. The molecular weight excluding hydrogens is 344 g/mol. The van der Waals surface area contributed by atoms with Crippen molar-refractivity contribution in [2.24, 2.45) is 0 Å². The molecule has 0 saturated carbocycles. The molecule has 8 heteroatoms. The highest BCUT2D eigenvalue weighted by Crippen LogP contribution is 2.10. The Morgan fingerprint density at radius 2 is 1.96 bits per heavy atom. The first-order valence-corrected chi connectivity index (χ1v) is 8.43. The number of hydrogen-bond donors (Lipinski definition) is 2. The Morgan fingerprint density at radius 1 is 1.11 bits per heavy atom. The number of carbonyl (C=O) groups is 1. The fourth-order valence-electron chi connectivity index (χ4n) is 2.72. The number of rotatable bonds is 5. The zero-order valence-electron chi connectivity index (χ0n) is 14.3. The Hall–Kier alpha value is -3.81. The Balaban J connectivity index is 1.60. The molecule has 3 heterocycles. The number of aryl methyl sites for hydroxylation is 2. The van der Waals surface area contributed by atoms with Gasteiger partial charge in [0.05, 0.1) is 5.56 Å². The van der Waals surface area contributed by atoms with E-state index in [4.69, 9.17) is 0 Å². The molecule has 4 aromatic rings. The molecule has 4 rings (SSSR count). The second-order valence-electron chi connectivity index (χ2n) is 5.96. The molecule has 134 valence electrons. The van der Waals surface area contributed by atoms with Crippen molar-refractivity contribution in [1.29, 1.82) is 0 Å². The highest BCUT2D eigenvalue weighted by Gasteiger charge is 2.13. The van der Waals surface area contributed by atoms with Gasteiger partial charge < -0.3 is 5.32 Å². The maximum atomic E-state index is 12.4. The highest BCUT2D eigenvalue weighted by molar-refractivity contribution is 6.03. The molecule has 0 aliphatic heterocycles. The number of nitrogens with zero attached hydrogens (tertiary/aromatic N) is 4. The molecule has 0 aliphatic carbocycles. The molecule has 0 bridgehead atoms. The first kappa shape index (κ1) is 16.6. The number of nitrogens with one attached hydrogen (secondary N) is 2. The van der Waals surface area contributed by atoms with E-state index in [-0.39, 0.29) is 23.1 Å². The zero-order chi connectivity index (χ0) is 18.6. The number of benzene rings is 1. The molecule has 1 amide bonds. The van der Waals surface area contributed by atoms with Gasteiger partial charge in [-0.3, -0.25) is 19.6 Å². The maximum Gasteiger partial charge on any atom is 0.258 e. The third kappa shape index (κ3) is 3.74.